The van der Waals surface area contributed by atoms with Gasteiger partial charge in [-0.1, -0.05) is 55.4 Å². The summed E-state index contributed by atoms with van der Waals surface area (Å²) in [5.74, 6) is -0.638. The van der Waals surface area contributed by atoms with Gasteiger partial charge >= 0.3 is 11.9 Å². The highest BCUT2D eigenvalue weighted by Gasteiger charge is 2.40. The number of hydrogen-bond donors (Lipinski definition) is 0. The Bertz CT molecular complexity index is 1090. The van der Waals surface area contributed by atoms with Crippen molar-refractivity contribution in [3.8, 4) is 11.5 Å². The molecule has 0 bridgehead atoms. The first kappa shape index (κ1) is 32.5. The average molecular weight is 541 g/mol. The molecule has 2 rings (SSSR count). The van der Waals surface area contributed by atoms with Crippen LogP contribution >= 0.6 is 0 Å². The molecular weight excluding hydrogens is 492 g/mol. The number of rotatable bonds is 10. The van der Waals surface area contributed by atoms with Crippen LogP contribution in [0, 0.1) is 13.8 Å². The summed E-state index contributed by atoms with van der Waals surface area (Å²) in [7, 11) is 0. The molecule has 0 aromatic heterocycles. The molecule has 0 unspecified atom stereocenters. The number of carbonyl (C=O) groups is 2. The summed E-state index contributed by atoms with van der Waals surface area (Å²) < 4.78 is 24.7. The molecule has 2 aromatic rings. The second-order valence-electron chi connectivity index (χ2n) is 12.0. The molecule has 216 valence electrons. The molecule has 0 radical (unpaired) electrons. The van der Waals surface area contributed by atoms with Crippen molar-refractivity contribution < 1.29 is 28.5 Å². The standard InChI is InChI=1S/C33H48O6/c1-13-27(34)38-29-21(5)17-23(19-25(29)31(7,8)9)33(36-15-3,37-16-4)24-18-22(6)30(39-28(35)14-2)26(20-24)32(10,11)12/h17-20H,13-16H2,1-12H3. The van der Waals surface area contributed by atoms with Gasteiger partial charge in [0.05, 0.1) is 0 Å². The molecule has 0 aliphatic heterocycles. The SMILES string of the molecule is CCOC(OCC)(c1cc(C)c(OC(=O)CC)c(C(C)(C)C)c1)c1cc(C)c(OC(=O)CC)c(C(C)(C)C)c1. The van der Waals surface area contributed by atoms with Crippen LogP contribution in [0.4, 0.5) is 0 Å². The third kappa shape index (κ3) is 7.29. The Morgan fingerprint density at radius 1 is 0.615 bits per heavy atom. The Hall–Kier alpha value is -2.70. The second kappa shape index (κ2) is 12.6. The van der Waals surface area contributed by atoms with Crippen LogP contribution in [0.2, 0.25) is 0 Å². The van der Waals surface area contributed by atoms with Crippen LogP contribution in [0.15, 0.2) is 24.3 Å². The lowest BCUT2D eigenvalue weighted by molar-refractivity contribution is -0.213. The normalized spacial score (nSPS) is 12.4. The minimum absolute atomic E-state index is 0.278. The molecule has 6 nitrogen and oxygen atoms in total. The highest BCUT2D eigenvalue weighted by molar-refractivity contribution is 5.74. The van der Waals surface area contributed by atoms with Crippen LogP contribution in [0.3, 0.4) is 0 Å². The van der Waals surface area contributed by atoms with E-state index in [9.17, 15) is 9.59 Å². The van der Waals surface area contributed by atoms with Crippen molar-refractivity contribution in [2.45, 2.75) is 113 Å². The second-order valence-corrected chi connectivity index (χ2v) is 12.0. The lowest BCUT2D eigenvalue weighted by Crippen LogP contribution is -2.36. The molecule has 0 aliphatic carbocycles. The first-order valence-corrected chi connectivity index (χ1v) is 14.1. The molecule has 0 fully saturated rings. The van der Waals surface area contributed by atoms with Crippen LogP contribution in [-0.4, -0.2) is 25.2 Å². The van der Waals surface area contributed by atoms with Crippen molar-refractivity contribution in [3.05, 3.63) is 57.6 Å². The van der Waals surface area contributed by atoms with Crippen LogP contribution in [0.25, 0.3) is 0 Å². The molecule has 0 spiro atoms. The zero-order valence-electron chi connectivity index (χ0n) is 26.1. The third-order valence-electron chi connectivity index (χ3n) is 6.63. The number of esters is 2. The van der Waals surface area contributed by atoms with E-state index < -0.39 is 5.79 Å². The van der Waals surface area contributed by atoms with Gasteiger partial charge in [-0.3, -0.25) is 9.59 Å². The van der Waals surface area contributed by atoms with Crippen LogP contribution in [0.5, 0.6) is 11.5 Å². The largest absolute Gasteiger partial charge is 0.426 e. The summed E-state index contributed by atoms with van der Waals surface area (Å²) in [5, 5.41) is 0. The van der Waals surface area contributed by atoms with Gasteiger partial charge in [-0.25, -0.2) is 0 Å². The lowest BCUT2D eigenvalue weighted by Gasteiger charge is -2.37. The van der Waals surface area contributed by atoms with Crippen LogP contribution in [0.1, 0.15) is 115 Å². The summed E-state index contributed by atoms with van der Waals surface area (Å²) in [6, 6.07) is 8.04. The van der Waals surface area contributed by atoms with Gasteiger partial charge in [-0.15, -0.1) is 0 Å². The van der Waals surface area contributed by atoms with Gasteiger partial charge in [0, 0.05) is 48.3 Å². The van der Waals surface area contributed by atoms with Crippen molar-refractivity contribution in [2.75, 3.05) is 13.2 Å². The summed E-state index contributed by atoms with van der Waals surface area (Å²) in [4.78, 5) is 24.6. The van der Waals surface area contributed by atoms with E-state index in [1.807, 2.05) is 52.0 Å². The molecular formula is C33H48O6. The maximum atomic E-state index is 12.3. The number of aryl methyl sites for hydroxylation is 2. The van der Waals surface area contributed by atoms with E-state index in [-0.39, 0.29) is 35.6 Å². The quantitative estimate of drug-likeness (QED) is 0.174. The van der Waals surface area contributed by atoms with Crippen LogP contribution in [-0.2, 0) is 35.7 Å². The molecule has 0 atom stereocenters. The molecule has 39 heavy (non-hydrogen) atoms. The molecule has 2 aromatic carbocycles. The van der Waals surface area contributed by atoms with Crippen LogP contribution < -0.4 is 9.47 Å². The van der Waals surface area contributed by atoms with E-state index in [1.165, 1.54) is 0 Å². The van der Waals surface area contributed by atoms with Gasteiger partial charge in [0.1, 0.15) is 11.5 Å². The first-order valence-electron chi connectivity index (χ1n) is 14.1. The van der Waals surface area contributed by atoms with Gasteiger partial charge in [0.2, 0.25) is 5.79 Å². The highest BCUT2D eigenvalue weighted by atomic mass is 16.7. The summed E-state index contributed by atoms with van der Waals surface area (Å²) in [5.41, 5.74) is 4.41. The fourth-order valence-electron chi connectivity index (χ4n) is 4.63. The predicted molar refractivity (Wildman–Crippen MR) is 156 cm³/mol. The van der Waals surface area contributed by atoms with E-state index in [1.54, 1.807) is 13.8 Å². The maximum Gasteiger partial charge on any atom is 0.310 e. The Morgan fingerprint density at radius 3 is 1.21 bits per heavy atom. The minimum Gasteiger partial charge on any atom is -0.426 e. The summed E-state index contributed by atoms with van der Waals surface area (Å²) in [6.45, 7) is 24.7. The average Bonchev–Trinajstić information content (AvgIpc) is 2.84. The van der Waals surface area contributed by atoms with Gasteiger partial charge in [-0.2, -0.15) is 0 Å². The van der Waals surface area contributed by atoms with Gasteiger partial charge in [0.15, 0.2) is 0 Å². The molecule has 0 N–H and O–H groups in total. The zero-order valence-corrected chi connectivity index (χ0v) is 26.1. The number of benzene rings is 2. The lowest BCUT2D eigenvalue weighted by atomic mass is 9.80. The van der Waals surface area contributed by atoms with Crippen molar-refractivity contribution in [1.82, 2.24) is 0 Å². The predicted octanol–water partition coefficient (Wildman–Crippen LogP) is 7.80. The van der Waals surface area contributed by atoms with E-state index >= 15 is 0 Å². The fourth-order valence-corrected chi connectivity index (χ4v) is 4.63. The van der Waals surface area contributed by atoms with Crippen molar-refractivity contribution in [1.29, 1.82) is 0 Å². The third-order valence-corrected chi connectivity index (χ3v) is 6.63. The topological polar surface area (TPSA) is 71.1 Å². The highest BCUT2D eigenvalue weighted by Crippen LogP contribution is 2.45. The van der Waals surface area contributed by atoms with Crippen molar-refractivity contribution in [3.63, 3.8) is 0 Å². The molecule has 0 saturated carbocycles. The smallest absolute Gasteiger partial charge is 0.310 e. The van der Waals surface area contributed by atoms with Crippen molar-refractivity contribution in [2.24, 2.45) is 0 Å². The molecule has 6 heteroatoms. The Balaban J connectivity index is 2.98. The molecule has 0 amide bonds. The summed E-state index contributed by atoms with van der Waals surface area (Å²) >= 11 is 0. The molecule has 0 aliphatic rings. The Labute approximate surface area is 235 Å². The first-order chi connectivity index (χ1) is 18.0. The minimum atomic E-state index is -1.24. The van der Waals surface area contributed by atoms with E-state index in [2.05, 4.69) is 41.5 Å². The fraction of sp³-hybridized carbons (Fsp3) is 0.576. The monoisotopic (exact) mass is 540 g/mol. The zero-order chi connectivity index (χ0) is 29.8. The van der Waals surface area contributed by atoms with Gasteiger partial charge in [0.25, 0.3) is 0 Å². The van der Waals surface area contributed by atoms with Crippen molar-refractivity contribution >= 4 is 11.9 Å². The number of ether oxygens (including phenoxy) is 4. The maximum absolute atomic E-state index is 12.3. The number of hydrogen-bond acceptors (Lipinski definition) is 6. The van der Waals surface area contributed by atoms with Gasteiger partial charge < -0.3 is 18.9 Å². The van der Waals surface area contributed by atoms with E-state index in [4.69, 9.17) is 18.9 Å². The van der Waals surface area contributed by atoms with Gasteiger partial charge in [-0.05, 0) is 73.9 Å². The van der Waals surface area contributed by atoms with E-state index in [0.29, 0.717) is 24.7 Å². The number of carbonyl (C=O) groups excluding carboxylic acids is 2. The molecule has 0 saturated heterocycles. The Morgan fingerprint density at radius 2 is 0.949 bits per heavy atom. The molecule has 0 heterocycles. The Kier molecular flexibility index (Phi) is 10.5. The van der Waals surface area contributed by atoms with E-state index in [0.717, 1.165) is 33.4 Å². The summed E-state index contributed by atoms with van der Waals surface area (Å²) in [6.07, 6.45) is 0.576.